The maximum atomic E-state index is 2.47. The zero-order valence-corrected chi connectivity index (χ0v) is 75.1. The molecule has 0 aliphatic heterocycles. The Labute approximate surface area is 777 Å². The Morgan fingerprint density at radius 3 is 0.992 bits per heavy atom. The van der Waals surface area contributed by atoms with Gasteiger partial charge in [-0.2, -0.15) is 0 Å². The molecule has 20 aromatic carbocycles. The molecule has 0 fully saturated rings. The Morgan fingerprint density at radius 2 is 0.481 bits per heavy atom. The van der Waals surface area contributed by atoms with Gasteiger partial charge >= 0.3 is 0 Å². The van der Waals surface area contributed by atoms with Crippen LogP contribution in [0.25, 0.3) is 103 Å². The molecule has 1 aliphatic rings. The molecule has 4 heterocycles. The fourth-order valence-corrected chi connectivity index (χ4v) is 24.6. The van der Waals surface area contributed by atoms with Gasteiger partial charge in [-0.3, -0.25) is 0 Å². The van der Waals surface area contributed by atoms with Gasteiger partial charge in [0, 0.05) is 162 Å². The van der Waals surface area contributed by atoms with E-state index in [-0.39, 0.29) is 5.41 Å². The van der Waals surface area contributed by atoms with Crippen molar-refractivity contribution in [3.63, 3.8) is 0 Å². The molecule has 0 bridgehead atoms. The van der Waals surface area contributed by atoms with Crippen molar-refractivity contribution in [3.8, 4) is 11.1 Å². The molecule has 131 heavy (non-hydrogen) atoms. The summed E-state index contributed by atoms with van der Waals surface area (Å²) in [6.07, 6.45) is 0. The average molecular weight is 1750 g/mol. The van der Waals surface area contributed by atoms with Crippen LogP contribution in [0.1, 0.15) is 25.0 Å². The summed E-state index contributed by atoms with van der Waals surface area (Å²) in [7, 11) is 0. The van der Waals surface area contributed by atoms with Crippen molar-refractivity contribution in [1.82, 2.24) is 0 Å². The van der Waals surface area contributed by atoms with Crippen LogP contribution in [0.3, 0.4) is 0 Å². The van der Waals surface area contributed by atoms with Crippen LogP contribution < -0.4 is 29.4 Å². The standard InChI is InChI=1S/C67H47N3S2.C54H37N3S2/c1-67(2)57-30-15-14-28-52(57)56-41-48(37-40-58(56)67)69(47-25-10-5-11-26-47)61-33-17-29-54-53-38-35-49(42-63(53)72-66(54)61)70(59-31-16-20-44-19-12-13-27-51(44)59)50-36-39-55-64(43-50)71-62-34-18-32-60(65(55)62)68(45-21-6-3-7-22-45)46-23-8-4-9-24-46;1-6-17-38(18-7-1)55(39-19-8-2-9-20-39)43-31-34-51-49(35-43)47-33-30-44(36-52(47)58-51)56(40-21-10-3-11-22-40)45-29-32-46-48-27-16-28-50(54(48)59-53(46)37-45)57(41-23-12-4-13-24-41)42-25-14-5-15-26-42/h3-43H,1-2H3;1-37H. The minimum atomic E-state index is -0.0642. The van der Waals surface area contributed by atoms with Gasteiger partial charge in [-0.15, -0.1) is 45.3 Å². The molecule has 1 aliphatic carbocycles. The zero-order chi connectivity index (χ0) is 87.0. The van der Waals surface area contributed by atoms with Crippen LogP contribution in [-0.2, 0) is 5.41 Å². The predicted molar refractivity (Wildman–Crippen MR) is 568 cm³/mol. The second-order valence-corrected chi connectivity index (χ2v) is 38.1. The largest absolute Gasteiger partial charge is 0.310 e. The molecule has 0 amide bonds. The lowest BCUT2D eigenvalue weighted by atomic mass is 9.82. The minimum Gasteiger partial charge on any atom is -0.310 e. The normalized spacial score (nSPS) is 12.1. The number of rotatable bonds is 18. The minimum absolute atomic E-state index is 0.0642. The number of hydrogen-bond acceptors (Lipinski definition) is 10. The highest BCUT2D eigenvalue weighted by atomic mass is 32.1. The molecule has 622 valence electrons. The Kier molecular flexibility index (Phi) is 20.0. The monoisotopic (exact) mass is 1750 g/mol. The van der Waals surface area contributed by atoms with Crippen molar-refractivity contribution >= 4 is 239 Å². The van der Waals surface area contributed by atoms with E-state index in [1.807, 2.05) is 45.3 Å². The number of anilines is 18. The lowest BCUT2D eigenvalue weighted by Crippen LogP contribution is -2.15. The first-order valence-electron chi connectivity index (χ1n) is 44.5. The summed E-state index contributed by atoms with van der Waals surface area (Å²) in [4.78, 5) is 14.4. The summed E-state index contributed by atoms with van der Waals surface area (Å²) in [5.74, 6) is 0. The molecule has 0 atom stereocenters. The van der Waals surface area contributed by atoms with Gasteiger partial charge < -0.3 is 29.4 Å². The molecular formula is C121H84N6S4. The number of fused-ring (bicyclic) bond motifs is 16. The maximum Gasteiger partial charge on any atom is 0.0640 e. The average Bonchev–Trinajstić information content (AvgIpc) is 1.57. The molecule has 0 spiro atoms. The topological polar surface area (TPSA) is 19.4 Å². The van der Waals surface area contributed by atoms with E-state index in [4.69, 9.17) is 0 Å². The van der Waals surface area contributed by atoms with Crippen molar-refractivity contribution in [2.45, 2.75) is 19.3 Å². The summed E-state index contributed by atoms with van der Waals surface area (Å²) >= 11 is 7.46. The third kappa shape index (κ3) is 14.1. The molecule has 0 radical (unpaired) electrons. The third-order valence-electron chi connectivity index (χ3n) is 25.8. The van der Waals surface area contributed by atoms with Gasteiger partial charge in [0.15, 0.2) is 0 Å². The number of nitrogens with zero attached hydrogens (tertiary/aromatic N) is 6. The molecule has 24 aromatic rings. The Hall–Kier alpha value is -15.7. The highest BCUT2D eigenvalue weighted by Crippen LogP contribution is 2.56. The quantitative estimate of drug-likeness (QED) is 0.0847. The fourth-order valence-electron chi connectivity index (χ4n) is 19.8. The molecule has 0 N–H and O–H groups in total. The molecule has 0 unspecified atom stereocenters. The van der Waals surface area contributed by atoms with E-state index in [9.17, 15) is 0 Å². The first kappa shape index (κ1) is 78.8. The van der Waals surface area contributed by atoms with Crippen molar-refractivity contribution in [2.75, 3.05) is 29.4 Å². The maximum absolute atomic E-state index is 2.47. The summed E-state index contributed by atoms with van der Waals surface area (Å²) in [5, 5.41) is 12.5. The smallest absolute Gasteiger partial charge is 0.0640 e. The first-order valence-corrected chi connectivity index (χ1v) is 47.8. The van der Waals surface area contributed by atoms with Crippen molar-refractivity contribution in [1.29, 1.82) is 0 Å². The van der Waals surface area contributed by atoms with Gasteiger partial charge in [0.25, 0.3) is 0 Å². The van der Waals surface area contributed by atoms with Gasteiger partial charge in [0.1, 0.15) is 0 Å². The van der Waals surface area contributed by atoms with E-state index in [2.05, 4.69) is 516 Å². The highest BCUT2D eigenvalue weighted by Gasteiger charge is 2.36. The lowest BCUT2D eigenvalue weighted by molar-refractivity contribution is 0.660. The van der Waals surface area contributed by atoms with Crippen LogP contribution in [0.15, 0.2) is 473 Å². The summed E-state index contributed by atoms with van der Waals surface area (Å²) < 4.78 is 10.1. The van der Waals surface area contributed by atoms with E-state index >= 15 is 0 Å². The molecule has 0 saturated heterocycles. The Morgan fingerprint density at radius 1 is 0.168 bits per heavy atom. The van der Waals surface area contributed by atoms with Gasteiger partial charge in [-0.1, -0.05) is 281 Å². The number of para-hydroxylation sites is 8. The summed E-state index contributed by atoms with van der Waals surface area (Å²) in [6, 6.07) is 172. The van der Waals surface area contributed by atoms with Crippen molar-refractivity contribution in [2.24, 2.45) is 0 Å². The number of benzene rings is 20. The zero-order valence-electron chi connectivity index (χ0n) is 71.8. The Bertz CT molecular complexity index is 8290. The van der Waals surface area contributed by atoms with Crippen molar-refractivity contribution in [3.05, 3.63) is 484 Å². The van der Waals surface area contributed by atoms with Gasteiger partial charge in [-0.25, -0.2) is 0 Å². The van der Waals surface area contributed by atoms with E-state index < -0.39 is 0 Å². The highest BCUT2D eigenvalue weighted by molar-refractivity contribution is 7.27. The number of thiophene rings is 4. The second kappa shape index (κ2) is 33.2. The van der Waals surface area contributed by atoms with Crippen LogP contribution in [0, 0.1) is 0 Å². The van der Waals surface area contributed by atoms with E-state index in [1.54, 1.807) is 0 Å². The second-order valence-electron chi connectivity index (χ2n) is 33.9. The van der Waals surface area contributed by atoms with Crippen LogP contribution >= 0.6 is 45.3 Å². The molecule has 25 rings (SSSR count). The SMILES string of the molecule is CC1(C)c2ccccc2-c2cc(N(c3ccccc3)c3cccc4c3sc3cc(N(c5ccc6c(c5)sc5cccc(N(c7ccccc7)c7ccccc7)c56)c5cccc6ccccc56)ccc34)ccc21.c1ccc(N(c2ccc3c(c2)sc2ccc(N(c4ccccc4)c4ccccc4)cc23)c2ccc3c(c2)sc2c(N(c4ccccc4)c4ccccc4)cccc23)cc1. The molecule has 6 nitrogen and oxygen atoms in total. The molecule has 4 aromatic heterocycles. The van der Waals surface area contributed by atoms with Gasteiger partial charge in [-0.05, 0) is 234 Å². The van der Waals surface area contributed by atoms with E-state index in [0.717, 1.165) is 85.3 Å². The van der Waals surface area contributed by atoms with E-state index in [0.29, 0.717) is 0 Å². The first-order chi connectivity index (χ1) is 64.7. The van der Waals surface area contributed by atoms with Crippen LogP contribution in [-0.4, -0.2) is 0 Å². The summed E-state index contributed by atoms with van der Waals surface area (Å²) in [6.45, 7) is 4.70. The fraction of sp³-hybridized carbons (Fsp3) is 0.0248. The molecule has 10 heteroatoms. The molecular weight excluding hydrogens is 1670 g/mol. The van der Waals surface area contributed by atoms with Gasteiger partial charge in [0.2, 0.25) is 0 Å². The lowest BCUT2D eigenvalue weighted by Gasteiger charge is -2.27. The van der Waals surface area contributed by atoms with Crippen LogP contribution in [0.4, 0.5) is 102 Å². The predicted octanol–water partition coefficient (Wildman–Crippen LogP) is 37.1. The third-order valence-corrected chi connectivity index (χ3v) is 30.4. The van der Waals surface area contributed by atoms with Crippen LogP contribution in [0.5, 0.6) is 0 Å². The van der Waals surface area contributed by atoms with Crippen LogP contribution in [0.2, 0.25) is 0 Å². The Balaban J connectivity index is 0.000000148. The summed E-state index contributed by atoms with van der Waals surface area (Å²) in [5.41, 5.74) is 25.8. The molecule has 0 saturated carbocycles. The van der Waals surface area contributed by atoms with Gasteiger partial charge in [0.05, 0.1) is 32.1 Å². The van der Waals surface area contributed by atoms with E-state index in [1.165, 1.54) is 131 Å². The number of hydrogen-bond donors (Lipinski definition) is 0. The van der Waals surface area contributed by atoms with Crippen molar-refractivity contribution < 1.29 is 0 Å².